The van der Waals surface area contributed by atoms with Gasteiger partial charge in [0, 0.05) is 5.69 Å². The molecule has 0 aliphatic rings. The summed E-state index contributed by atoms with van der Waals surface area (Å²) < 4.78 is 2.38. The Hall–Kier alpha value is -1.36. The molecule has 0 aliphatic heterocycles. The lowest BCUT2D eigenvalue weighted by atomic mass is 10.3. The van der Waals surface area contributed by atoms with Gasteiger partial charge in [-0.25, -0.2) is 4.79 Å². The summed E-state index contributed by atoms with van der Waals surface area (Å²) >= 11 is 1.11. The number of primary amides is 1. The Balaban J connectivity index is 2.63. The number of anilines is 1. The van der Waals surface area contributed by atoms with Crippen molar-refractivity contribution < 1.29 is 4.79 Å². The minimum atomic E-state index is -0.580. The second-order valence-electron chi connectivity index (χ2n) is 2.11. The number of nitrogens with two attached hydrogens (primary N) is 2. The summed E-state index contributed by atoms with van der Waals surface area (Å²) in [5.41, 5.74) is 11.1. The SMILES string of the molecule is NC(=O)NSc1ccccc1N. The van der Waals surface area contributed by atoms with Gasteiger partial charge in [0.25, 0.3) is 0 Å². The van der Waals surface area contributed by atoms with E-state index in [1.54, 1.807) is 12.1 Å². The molecule has 5 N–H and O–H groups in total. The Morgan fingerprint density at radius 2 is 2.08 bits per heavy atom. The van der Waals surface area contributed by atoms with Crippen molar-refractivity contribution in [2.75, 3.05) is 5.73 Å². The van der Waals surface area contributed by atoms with Crippen molar-refractivity contribution in [3.63, 3.8) is 0 Å². The molecule has 0 heterocycles. The van der Waals surface area contributed by atoms with Crippen LogP contribution in [0.4, 0.5) is 10.5 Å². The van der Waals surface area contributed by atoms with Crippen molar-refractivity contribution in [2.45, 2.75) is 4.90 Å². The van der Waals surface area contributed by atoms with Crippen molar-refractivity contribution in [1.29, 1.82) is 0 Å². The van der Waals surface area contributed by atoms with E-state index in [0.717, 1.165) is 16.8 Å². The van der Waals surface area contributed by atoms with Crippen LogP contribution in [0, 0.1) is 0 Å². The summed E-state index contributed by atoms with van der Waals surface area (Å²) in [6.07, 6.45) is 0. The minimum Gasteiger partial charge on any atom is -0.398 e. The molecule has 0 unspecified atom stereocenters. The number of nitrogen functional groups attached to an aromatic ring is 1. The zero-order valence-electron chi connectivity index (χ0n) is 6.28. The highest BCUT2D eigenvalue weighted by atomic mass is 32.2. The number of urea groups is 1. The summed E-state index contributed by atoms with van der Waals surface area (Å²) in [5, 5.41) is 0. The lowest BCUT2D eigenvalue weighted by molar-refractivity contribution is 0.254. The molecule has 12 heavy (non-hydrogen) atoms. The second-order valence-corrected chi connectivity index (χ2v) is 2.95. The second kappa shape index (κ2) is 3.87. The molecular weight excluding hydrogens is 174 g/mol. The molecule has 2 amide bonds. The van der Waals surface area contributed by atoms with Crippen LogP contribution in [-0.2, 0) is 0 Å². The molecule has 0 atom stereocenters. The van der Waals surface area contributed by atoms with E-state index in [1.165, 1.54) is 0 Å². The van der Waals surface area contributed by atoms with Gasteiger partial charge in [0.1, 0.15) is 0 Å². The van der Waals surface area contributed by atoms with Crippen LogP contribution in [0.3, 0.4) is 0 Å². The van der Waals surface area contributed by atoms with Crippen LogP contribution >= 0.6 is 11.9 Å². The van der Waals surface area contributed by atoms with Gasteiger partial charge in [-0.2, -0.15) is 0 Å². The zero-order chi connectivity index (χ0) is 8.97. The Labute approximate surface area is 74.4 Å². The predicted octanol–water partition coefficient (Wildman–Crippen LogP) is 0.944. The molecule has 0 bridgehead atoms. The average molecular weight is 183 g/mol. The van der Waals surface area contributed by atoms with Crippen LogP contribution in [0.25, 0.3) is 0 Å². The van der Waals surface area contributed by atoms with E-state index in [-0.39, 0.29) is 0 Å². The molecule has 64 valence electrons. The summed E-state index contributed by atoms with van der Waals surface area (Å²) in [6, 6.07) is 6.63. The normalized spacial score (nSPS) is 9.33. The smallest absolute Gasteiger partial charge is 0.322 e. The fourth-order valence-corrected chi connectivity index (χ4v) is 1.22. The van der Waals surface area contributed by atoms with Gasteiger partial charge in [-0.05, 0) is 24.1 Å². The predicted molar refractivity (Wildman–Crippen MR) is 49.4 cm³/mol. The lowest BCUT2D eigenvalue weighted by Gasteiger charge is -2.02. The summed E-state index contributed by atoms with van der Waals surface area (Å²) in [6.45, 7) is 0. The fraction of sp³-hybridized carbons (Fsp3) is 0. The highest BCUT2D eigenvalue weighted by Gasteiger charge is 1.98. The van der Waals surface area contributed by atoms with Crippen LogP contribution in [0.1, 0.15) is 0 Å². The molecule has 0 radical (unpaired) electrons. The van der Waals surface area contributed by atoms with Crippen molar-refractivity contribution in [2.24, 2.45) is 5.73 Å². The lowest BCUT2D eigenvalue weighted by Crippen LogP contribution is -2.22. The Kier molecular flexibility index (Phi) is 2.82. The molecule has 5 heteroatoms. The monoisotopic (exact) mass is 183 g/mol. The average Bonchev–Trinajstić information content (AvgIpc) is 2.03. The van der Waals surface area contributed by atoms with E-state index in [9.17, 15) is 4.79 Å². The third-order valence-corrected chi connectivity index (χ3v) is 2.08. The topological polar surface area (TPSA) is 81.1 Å². The largest absolute Gasteiger partial charge is 0.398 e. The first-order valence-electron chi connectivity index (χ1n) is 3.27. The number of nitrogens with one attached hydrogen (secondary N) is 1. The molecule has 4 nitrogen and oxygen atoms in total. The standard InChI is InChI=1S/C7H9N3OS/c8-5-3-1-2-4-6(5)12-10-7(9)11/h1-4H,8H2,(H3,9,10,11). The van der Waals surface area contributed by atoms with E-state index in [4.69, 9.17) is 11.5 Å². The van der Waals surface area contributed by atoms with E-state index >= 15 is 0 Å². The summed E-state index contributed by atoms with van der Waals surface area (Å²) in [4.78, 5) is 11.1. The number of carbonyl (C=O) groups excluding carboxylic acids is 1. The van der Waals surface area contributed by atoms with E-state index in [0.29, 0.717) is 5.69 Å². The van der Waals surface area contributed by atoms with Gasteiger partial charge >= 0.3 is 6.03 Å². The first-order valence-corrected chi connectivity index (χ1v) is 4.08. The Morgan fingerprint density at radius 3 is 2.67 bits per heavy atom. The number of rotatable bonds is 2. The fourth-order valence-electron chi connectivity index (χ4n) is 0.679. The number of para-hydroxylation sites is 1. The maximum Gasteiger partial charge on any atom is 0.322 e. The van der Waals surface area contributed by atoms with Crippen LogP contribution in [-0.4, -0.2) is 6.03 Å². The maximum atomic E-state index is 10.3. The van der Waals surface area contributed by atoms with Crippen LogP contribution in [0.15, 0.2) is 29.2 Å². The number of hydrogen-bond acceptors (Lipinski definition) is 3. The van der Waals surface area contributed by atoms with Crippen molar-refractivity contribution in [3.8, 4) is 0 Å². The van der Waals surface area contributed by atoms with Gasteiger partial charge in [-0.15, -0.1) is 0 Å². The molecule has 1 rings (SSSR count). The van der Waals surface area contributed by atoms with Crippen molar-refractivity contribution >= 4 is 23.7 Å². The van der Waals surface area contributed by atoms with E-state index in [1.807, 2.05) is 12.1 Å². The molecule has 0 aliphatic carbocycles. The summed E-state index contributed by atoms with van der Waals surface area (Å²) in [5.74, 6) is 0. The maximum absolute atomic E-state index is 10.3. The zero-order valence-corrected chi connectivity index (χ0v) is 7.10. The quantitative estimate of drug-likeness (QED) is 0.471. The third kappa shape index (κ3) is 2.35. The molecule has 0 spiro atoms. The van der Waals surface area contributed by atoms with Gasteiger partial charge in [0.2, 0.25) is 0 Å². The van der Waals surface area contributed by atoms with Gasteiger partial charge in [0.15, 0.2) is 0 Å². The first kappa shape index (κ1) is 8.73. The Morgan fingerprint density at radius 1 is 1.42 bits per heavy atom. The van der Waals surface area contributed by atoms with Gasteiger partial charge in [-0.3, -0.25) is 4.72 Å². The number of amides is 2. The molecule has 0 saturated carbocycles. The number of benzene rings is 1. The first-order chi connectivity index (χ1) is 5.70. The highest BCUT2D eigenvalue weighted by Crippen LogP contribution is 2.20. The minimum absolute atomic E-state index is 0.580. The molecule has 0 saturated heterocycles. The Bertz CT molecular complexity index is 290. The van der Waals surface area contributed by atoms with Crippen molar-refractivity contribution in [1.82, 2.24) is 4.72 Å². The van der Waals surface area contributed by atoms with Gasteiger partial charge in [0.05, 0.1) is 4.90 Å². The van der Waals surface area contributed by atoms with Crippen LogP contribution in [0.2, 0.25) is 0 Å². The van der Waals surface area contributed by atoms with Crippen LogP contribution in [0.5, 0.6) is 0 Å². The summed E-state index contributed by atoms with van der Waals surface area (Å²) in [7, 11) is 0. The van der Waals surface area contributed by atoms with Crippen molar-refractivity contribution in [3.05, 3.63) is 24.3 Å². The van der Waals surface area contributed by atoms with E-state index < -0.39 is 6.03 Å². The molecule has 1 aromatic rings. The molecule has 0 aromatic heterocycles. The molecule has 1 aromatic carbocycles. The third-order valence-electron chi connectivity index (χ3n) is 1.18. The number of hydrogen-bond donors (Lipinski definition) is 3. The molecule has 0 fully saturated rings. The van der Waals surface area contributed by atoms with Crippen LogP contribution < -0.4 is 16.2 Å². The number of carbonyl (C=O) groups is 1. The highest BCUT2D eigenvalue weighted by molar-refractivity contribution is 7.98. The van der Waals surface area contributed by atoms with E-state index in [2.05, 4.69) is 4.72 Å². The van der Waals surface area contributed by atoms with Gasteiger partial charge in [-0.1, -0.05) is 12.1 Å². The molecular formula is C7H9N3OS. The van der Waals surface area contributed by atoms with Gasteiger partial charge < -0.3 is 11.5 Å².